The molecule has 1 fully saturated rings. The maximum atomic E-state index is 12.4. The maximum Gasteiger partial charge on any atom is 0.242 e. The first-order chi connectivity index (χ1) is 9.23. The monoisotopic (exact) mass is 334 g/mol. The summed E-state index contributed by atoms with van der Waals surface area (Å²) >= 11 is 10.9. The fourth-order valence-corrected chi connectivity index (χ4v) is 4.09. The van der Waals surface area contributed by atoms with Gasteiger partial charge < -0.3 is 10.5 Å². The van der Waals surface area contributed by atoms with Crippen LogP contribution in [0.25, 0.3) is 0 Å². The van der Waals surface area contributed by atoms with E-state index in [0.717, 1.165) is 0 Å². The molecule has 1 atom stereocenters. The number of rotatable bonds is 4. The number of halogens is 1. The minimum atomic E-state index is -3.72. The van der Waals surface area contributed by atoms with Gasteiger partial charge in [-0.25, -0.2) is 13.1 Å². The predicted molar refractivity (Wildman–Crippen MR) is 81.5 cm³/mol. The van der Waals surface area contributed by atoms with Crippen LogP contribution < -0.4 is 10.5 Å². The molecule has 0 spiro atoms. The maximum absolute atomic E-state index is 12.4. The normalized spacial score (nSPS) is 22.9. The molecule has 1 saturated heterocycles. The molecule has 8 heteroatoms. The number of ether oxygens (including phenoxy) is 1. The summed E-state index contributed by atoms with van der Waals surface area (Å²) in [6.07, 6.45) is 0.620. The first-order valence-electron chi connectivity index (χ1n) is 5.95. The van der Waals surface area contributed by atoms with E-state index >= 15 is 0 Å². The highest BCUT2D eigenvalue weighted by Crippen LogP contribution is 2.26. The molecule has 1 aliphatic rings. The van der Waals surface area contributed by atoms with Crippen molar-refractivity contribution in [3.63, 3.8) is 0 Å². The van der Waals surface area contributed by atoms with Crippen LogP contribution in [0.5, 0.6) is 0 Å². The van der Waals surface area contributed by atoms with Crippen molar-refractivity contribution in [1.29, 1.82) is 0 Å². The fraction of sp³-hybridized carbons (Fsp3) is 0.417. The Bertz CT molecular complexity index is 640. The largest absolute Gasteiger partial charge is 0.389 e. The third-order valence-electron chi connectivity index (χ3n) is 3.11. The number of nitrogens with one attached hydrogen (secondary N) is 1. The predicted octanol–water partition coefficient (Wildman–Crippen LogP) is 1.43. The van der Waals surface area contributed by atoms with Crippen molar-refractivity contribution in [2.75, 3.05) is 13.2 Å². The molecule has 1 unspecified atom stereocenters. The molecule has 0 bridgehead atoms. The number of thiocarbonyl (C=S) groups is 1. The second kappa shape index (κ2) is 5.57. The van der Waals surface area contributed by atoms with Crippen LogP contribution in [0.3, 0.4) is 0 Å². The highest BCUT2D eigenvalue weighted by Gasteiger charge is 2.35. The molecule has 0 aromatic heterocycles. The van der Waals surface area contributed by atoms with Crippen molar-refractivity contribution in [1.82, 2.24) is 4.72 Å². The number of nitrogens with two attached hydrogens (primary N) is 1. The van der Waals surface area contributed by atoms with Gasteiger partial charge in [-0.1, -0.05) is 29.9 Å². The minimum absolute atomic E-state index is 0.00675. The van der Waals surface area contributed by atoms with Gasteiger partial charge in [0.15, 0.2) is 0 Å². The molecule has 20 heavy (non-hydrogen) atoms. The topological polar surface area (TPSA) is 81.4 Å². The van der Waals surface area contributed by atoms with Crippen LogP contribution in [0.4, 0.5) is 0 Å². The zero-order valence-electron chi connectivity index (χ0n) is 10.8. The van der Waals surface area contributed by atoms with Gasteiger partial charge in [0, 0.05) is 12.2 Å². The molecule has 1 heterocycles. The van der Waals surface area contributed by atoms with Crippen molar-refractivity contribution in [2.45, 2.75) is 23.8 Å². The summed E-state index contributed by atoms with van der Waals surface area (Å²) in [5.74, 6) is 0. The van der Waals surface area contributed by atoms with Crippen LogP contribution in [0.15, 0.2) is 23.1 Å². The quantitative estimate of drug-likeness (QED) is 0.814. The van der Waals surface area contributed by atoms with Gasteiger partial charge in [0.05, 0.1) is 17.2 Å². The summed E-state index contributed by atoms with van der Waals surface area (Å²) in [6, 6.07) is 4.39. The highest BCUT2D eigenvalue weighted by atomic mass is 35.5. The van der Waals surface area contributed by atoms with Crippen LogP contribution in [0, 0.1) is 0 Å². The number of hydrogen-bond donors (Lipinski definition) is 2. The van der Waals surface area contributed by atoms with E-state index in [1.807, 2.05) is 0 Å². The highest BCUT2D eigenvalue weighted by molar-refractivity contribution is 7.89. The lowest BCUT2D eigenvalue weighted by Crippen LogP contribution is -2.46. The van der Waals surface area contributed by atoms with Gasteiger partial charge in [0.25, 0.3) is 0 Å². The molecule has 1 aromatic rings. The van der Waals surface area contributed by atoms with Gasteiger partial charge in [0.2, 0.25) is 10.0 Å². The second-order valence-corrected chi connectivity index (χ2v) is 7.48. The Morgan fingerprint density at radius 2 is 2.25 bits per heavy atom. The standard InChI is InChI=1S/C12H15ClN2O3S2/c1-12(4-5-18-7-12)15-20(16,17)10-3-2-8(11(14)19)6-9(10)13/h2-3,6,15H,4-5,7H2,1H3,(H2,14,19). The Labute approximate surface area is 128 Å². The second-order valence-electron chi connectivity index (χ2n) is 4.98. The molecule has 2 rings (SSSR count). The summed E-state index contributed by atoms with van der Waals surface area (Å²) in [6.45, 7) is 2.68. The van der Waals surface area contributed by atoms with Gasteiger partial charge in [-0.3, -0.25) is 0 Å². The Balaban J connectivity index is 2.32. The molecule has 1 aromatic carbocycles. The molecule has 3 N–H and O–H groups in total. The first-order valence-corrected chi connectivity index (χ1v) is 8.22. The Morgan fingerprint density at radius 3 is 2.75 bits per heavy atom. The van der Waals surface area contributed by atoms with Crippen LogP contribution in [-0.2, 0) is 14.8 Å². The van der Waals surface area contributed by atoms with E-state index in [2.05, 4.69) is 4.72 Å². The SMILES string of the molecule is CC1(NS(=O)(=O)c2ccc(C(N)=S)cc2Cl)CCOC1. The number of hydrogen-bond acceptors (Lipinski definition) is 4. The van der Waals surface area contributed by atoms with E-state index in [-0.39, 0.29) is 14.9 Å². The van der Waals surface area contributed by atoms with Gasteiger partial charge in [-0.2, -0.15) is 0 Å². The molecular formula is C12H15ClN2O3S2. The summed E-state index contributed by atoms with van der Waals surface area (Å²) < 4.78 is 32.6. The summed E-state index contributed by atoms with van der Waals surface area (Å²) in [7, 11) is -3.72. The summed E-state index contributed by atoms with van der Waals surface area (Å²) in [4.78, 5) is 0.173. The third kappa shape index (κ3) is 3.29. The van der Waals surface area contributed by atoms with E-state index in [1.165, 1.54) is 18.2 Å². The molecule has 5 nitrogen and oxygen atoms in total. The lowest BCUT2D eigenvalue weighted by atomic mass is 10.0. The minimum Gasteiger partial charge on any atom is -0.389 e. The van der Waals surface area contributed by atoms with Crippen molar-refractivity contribution < 1.29 is 13.2 Å². The Hall–Kier alpha value is -0.730. The van der Waals surface area contributed by atoms with Crippen LogP contribution >= 0.6 is 23.8 Å². The molecule has 0 amide bonds. The molecule has 0 saturated carbocycles. The lowest BCUT2D eigenvalue weighted by Gasteiger charge is -2.23. The number of sulfonamides is 1. The smallest absolute Gasteiger partial charge is 0.242 e. The fourth-order valence-electron chi connectivity index (χ4n) is 2.00. The van der Waals surface area contributed by atoms with E-state index in [0.29, 0.717) is 25.2 Å². The van der Waals surface area contributed by atoms with Gasteiger partial charge in [-0.15, -0.1) is 0 Å². The van der Waals surface area contributed by atoms with Crippen molar-refractivity contribution in [3.05, 3.63) is 28.8 Å². The average molecular weight is 335 g/mol. The molecule has 110 valence electrons. The molecular weight excluding hydrogens is 320 g/mol. The van der Waals surface area contributed by atoms with Gasteiger partial charge in [-0.05, 0) is 25.5 Å². The lowest BCUT2D eigenvalue weighted by molar-refractivity contribution is 0.178. The van der Waals surface area contributed by atoms with Crippen LogP contribution in [-0.4, -0.2) is 32.2 Å². The van der Waals surface area contributed by atoms with Crippen LogP contribution in [0.1, 0.15) is 18.9 Å². The van der Waals surface area contributed by atoms with Crippen molar-refractivity contribution in [2.24, 2.45) is 5.73 Å². The Kier molecular flexibility index (Phi) is 4.36. The average Bonchev–Trinajstić information content (AvgIpc) is 2.74. The first kappa shape index (κ1) is 15.7. The Morgan fingerprint density at radius 1 is 1.55 bits per heavy atom. The van der Waals surface area contributed by atoms with E-state index in [1.54, 1.807) is 6.92 Å². The summed E-state index contributed by atoms with van der Waals surface area (Å²) in [5.41, 5.74) is 5.41. The molecule has 0 radical (unpaired) electrons. The number of benzene rings is 1. The van der Waals surface area contributed by atoms with E-state index < -0.39 is 15.6 Å². The van der Waals surface area contributed by atoms with Gasteiger partial charge >= 0.3 is 0 Å². The van der Waals surface area contributed by atoms with Crippen molar-refractivity contribution in [3.8, 4) is 0 Å². The zero-order valence-corrected chi connectivity index (χ0v) is 13.2. The van der Waals surface area contributed by atoms with Crippen molar-refractivity contribution >= 4 is 38.8 Å². The van der Waals surface area contributed by atoms with E-state index in [9.17, 15) is 8.42 Å². The molecule has 1 aliphatic heterocycles. The van der Waals surface area contributed by atoms with Crippen LogP contribution in [0.2, 0.25) is 5.02 Å². The summed E-state index contributed by atoms with van der Waals surface area (Å²) in [5, 5.41) is 0.0883. The van der Waals surface area contributed by atoms with Gasteiger partial charge in [0.1, 0.15) is 9.88 Å². The van der Waals surface area contributed by atoms with E-state index in [4.69, 9.17) is 34.3 Å². The molecule has 0 aliphatic carbocycles. The zero-order chi connectivity index (χ0) is 15.0. The third-order valence-corrected chi connectivity index (χ3v) is 5.46.